The number of carbonyl (C=O) groups is 3. The third-order valence-electron chi connectivity index (χ3n) is 4.18. The van der Waals surface area contributed by atoms with E-state index in [4.69, 9.17) is 14.2 Å². The number of carbonyl (C=O) groups excluding carboxylic acids is 3. The Morgan fingerprint density at radius 3 is 2.69 bits per heavy atom. The van der Waals surface area contributed by atoms with Crippen LogP contribution < -0.4 is 20.1 Å². The smallest absolute Gasteiger partial charge is 0.310 e. The number of fused-ring (bicyclic) bond motifs is 1. The summed E-state index contributed by atoms with van der Waals surface area (Å²) in [6.45, 7) is 3.74. The van der Waals surface area contributed by atoms with E-state index in [9.17, 15) is 14.4 Å². The summed E-state index contributed by atoms with van der Waals surface area (Å²) < 4.78 is 16.2. The topological polar surface area (TPSA) is 103 Å². The summed E-state index contributed by atoms with van der Waals surface area (Å²) in [7, 11) is 0. The molecule has 0 saturated carbocycles. The maximum atomic E-state index is 12.4. The van der Waals surface area contributed by atoms with Crippen LogP contribution in [0.1, 0.15) is 20.3 Å². The first-order valence-electron chi connectivity index (χ1n) is 9.26. The Kier molecular flexibility index (Phi) is 6.33. The molecule has 8 heteroatoms. The van der Waals surface area contributed by atoms with Gasteiger partial charge in [0.05, 0.1) is 24.4 Å². The van der Waals surface area contributed by atoms with E-state index in [1.54, 1.807) is 48.5 Å². The maximum Gasteiger partial charge on any atom is 0.310 e. The predicted molar refractivity (Wildman–Crippen MR) is 106 cm³/mol. The Hall–Kier alpha value is -3.55. The van der Waals surface area contributed by atoms with Crippen molar-refractivity contribution in [3.05, 3.63) is 48.5 Å². The maximum absolute atomic E-state index is 12.4. The molecule has 8 nitrogen and oxygen atoms in total. The lowest BCUT2D eigenvalue weighted by atomic mass is 10.1. The minimum Gasteiger partial charge on any atom is -0.492 e. The fraction of sp³-hybridized carbons (Fsp3) is 0.286. The zero-order chi connectivity index (χ0) is 20.8. The Labute approximate surface area is 168 Å². The van der Waals surface area contributed by atoms with Crippen molar-refractivity contribution in [3.8, 4) is 11.5 Å². The normalized spacial score (nSPS) is 15.9. The molecule has 0 spiro atoms. The van der Waals surface area contributed by atoms with Crippen LogP contribution in [0.25, 0.3) is 0 Å². The lowest BCUT2D eigenvalue weighted by molar-refractivity contribution is -0.155. The van der Waals surface area contributed by atoms with Crippen molar-refractivity contribution >= 4 is 29.2 Å². The van der Waals surface area contributed by atoms with Gasteiger partial charge in [0.1, 0.15) is 11.5 Å². The van der Waals surface area contributed by atoms with Gasteiger partial charge in [0.2, 0.25) is 0 Å². The van der Waals surface area contributed by atoms with Gasteiger partial charge >= 0.3 is 5.97 Å². The summed E-state index contributed by atoms with van der Waals surface area (Å²) in [6.07, 6.45) is -2.39. The van der Waals surface area contributed by atoms with E-state index in [1.807, 2.05) is 6.92 Å². The average molecular weight is 398 g/mol. The van der Waals surface area contributed by atoms with Crippen molar-refractivity contribution in [1.82, 2.24) is 0 Å². The van der Waals surface area contributed by atoms with Gasteiger partial charge < -0.3 is 24.8 Å². The molecule has 0 aliphatic carbocycles. The number of amides is 2. The fourth-order valence-corrected chi connectivity index (χ4v) is 2.76. The first-order valence-corrected chi connectivity index (χ1v) is 9.26. The highest BCUT2D eigenvalue weighted by atomic mass is 16.6. The third-order valence-corrected chi connectivity index (χ3v) is 4.18. The highest BCUT2D eigenvalue weighted by Crippen LogP contribution is 2.29. The molecule has 0 unspecified atom stereocenters. The van der Waals surface area contributed by atoms with Crippen LogP contribution in [0.2, 0.25) is 0 Å². The van der Waals surface area contributed by atoms with Crippen LogP contribution in [0.15, 0.2) is 48.5 Å². The first kappa shape index (κ1) is 20.2. The second kappa shape index (κ2) is 9.09. The quantitative estimate of drug-likeness (QED) is 0.695. The molecule has 29 heavy (non-hydrogen) atoms. The van der Waals surface area contributed by atoms with Crippen molar-refractivity contribution in [1.29, 1.82) is 0 Å². The number of anilines is 2. The number of para-hydroxylation sites is 4. The van der Waals surface area contributed by atoms with Crippen LogP contribution >= 0.6 is 0 Å². The van der Waals surface area contributed by atoms with Gasteiger partial charge in [0.25, 0.3) is 11.8 Å². The van der Waals surface area contributed by atoms with Crippen molar-refractivity contribution in [2.45, 2.75) is 32.5 Å². The highest BCUT2D eigenvalue weighted by molar-refractivity contribution is 6.00. The second-order valence-electron chi connectivity index (χ2n) is 6.35. The highest BCUT2D eigenvalue weighted by Gasteiger charge is 2.31. The number of hydrogen-bond donors (Lipinski definition) is 2. The molecule has 2 aromatic carbocycles. The molecule has 0 aromatic heterocycles. The summed E-state index contributed by atoms with van der Waals surface area (Å²) in [6, 6.07) is 13.9. The van der Waals surface area contributed by atoms with Crippen LogP contribution in [-0.4, -0.2) is 36.6 Å². The molecule has 1 aliphatic rings. The minimum absolute atomic E-state index is 0.312. The molecule has 1 aliphatic heterocycles. The van der Waals surface area contributed by atoms with E-state index in [1.165, 1.54) is 6.92 Å². The van der Waals surface area contributed by atoms with Gasteiger partial charge in [-0.05, 0) is 38.1 Å². The predicted octanol–water partition coefficient (Wildman–Crippen LogP) is 2.75. The molecule has 2 atom stereocenters. The molecule has 0 saturated heterocycles. The van der Waals surface area contributed by atoms with E-state index >= 15 is 0 Å². The summed E-state index contributed by atoms with van der Waals surface area (Å²) in [4.78, 5) is 36.7. The zero-order valence-electron chi connectivity index (χ0n) is 16.1. The summed E-state index contributed by atoms with van der Waals surface area (Å²) in [5, 5.41) is 5.35. The van der Waals surface area contributed by atoms with Crippen molar-refractivity contribution < 1.29 is 28.6 Å². The van der Waals surface area contributed by atoms with E-state index in [2.05, 4.69) is 10.6 Å². The number of ether oxygens (including phenoxy) is 3. The summed E-state index contributed by atoms with van der Waals surface area (Å²) >= 11 is 0. The van der Waals surface area contributed by atoms with Gasteiger partial charge in [-0.2, -0.15) is 0 Å². The standard InChI is InChI=1S/C21H22N2O6/c1-3-27-16-10-6-4-8-14(16)22-20(25)13(2)28-19(24)12-18-21(26)23-15-9-5-7-11-17(15)29-18/h4-11,13,18H,3,12H2,1-2H3,(H,22,25)(H,23,26)/t13-,18-/m0/s1. The van der Waals surface area contributed by atoms with Crippen molar-refractivity contribution in [2.75, 3.05) is 17.2 Å². The number of rotatable bonds is 7. The van der Waals surface area contributed by atoms with Gasteiger partial charge in [-0.3, -0.25) is 14.4 Å². The second-order valence-corrected chi connectivity index (χ2v) is 6.35. The number of hydrogen-bond acceptors (Lipinski definition) is 6. The van der Waals surface area contributed by atoms with E-state index < -0.39 is 30.0 Å². The van der Waals surface area contributed by atoms with Crippen LogP contribution in [0.5, 0.6) is 11.5 Å². The molecule has 0 fully saturated rings. The lowest BCUT2D eigenvalue weighted by Gasteiger charge is -2.25. The van der Waals surface area contributed by atoms with Gasteiger partial charge in [-0.15, -0.1) is 0 Å². The number of benzene rings is 2. The molecule has 0 radical (unpaired) electrons. The monoisotopic (exact) mass is 398 g/mol. The van der Waals surface area contributed by atoms with E-state index in [0.717, 1.165) is 0 Å². The molecule has 2 aromatic rings. The number of nitrogens with one attached hydrogen (secondary N) is 2. The van der Waals surface area contributed by atoms with E-state index in [0.29, 0.717) is 29.5 Å². The summed E-state index contributed by atoms with van der Waals surface area (Å²) in [5.41, 5.74) is 1.02. The SMILES string of the molecule is CCOc1ccccc1NC(=O)[C@H](C)OC(=O)C[C@@H]1Oc2ccccc2NC1=O. The Bertz CT molecular complexity index is 914. The average Bonchev–Trinajstić information content (AvgIpc) is 2.70. The number of esters is 1. The van der Waals surface area contributed by atoms with Crippen LogP contribution in [-0.2, 0) is 19.1 Å². The van der Waals surface area contributed by atoms with Crippen LogP contribution in [0.3, 0.4) is 0 Å². The van der Waals surface area contributed by atoms with Gasteiger partial charge in [0, 0.05) is 0 Å². The first-order chi connectivity index (χ1) is 14.0. The molecule has 0 bridgehead atoms. The minimum atomic E-state index is -1.06. The largest absolute Gasteiger partial charge is 0.492 e. The lowest BCUT2D eigenvalue weighted by Crippen LogP contribution is -2.40. The summed E-state index contributed by atoms with van der Waals surface area (Å²) in [5.74, 6) is -0.672. The molecule has 2 amide bonds. The van der Waals surface area contributed by atoms with Crippen LogP contribution in [0, 0.1) is 0 Å². The van der Waals surface area contributed by atoms with Crippen molar-refractivity contribution in [3.63, 3.8) is 0 Å². The van der Waals surface area contributed by atoms with E-state index in [-0.39, 0.29) is 6.42 Å². The zero-order valence-corrected chi connectivity index (χ0v) is 16.1. The molecular formula is C21H22N2O6. The molecule has 2 N–H and O–H groups in total. The Morgan fingerprint density at radius 1 is 1.17 bits per heavy atom. The van der Waals surface area contributed by atoms with Gasteiger partial charge in [-0.1, -0.05) is 24.3 Å². The van der Waals surface area contributed by atoms with Gasteiger partial charge in [-0.25, -0.2) is 0 Å². The molecular weight excluding hydrogens is 376 g/mol. The Balaban J connectivity index is 1.55. The third kappa shape index (κ3) is 5.04. The molecule has 152 valence electrons. The molecule has 3 rings (SSSR count). The fourth-order valence-electron chi connectivity index (χ4n) is 2.76. The Morgan fingerprint density at radius 2 is 1.90 bits per heavy atom. The molecule has 1 heterocycles. The van der Waals surface area contributed by atoms with Crippen LogP contribution in [0.4, 0.5) is 11.4 Å². The van der Waals surface area contributed by atoms with Gasteiger partial charge in [0.15, 0.2) is 12.2 Å². The van der Waals surface area contributed by atoms with Crippen molar-refractivity contribution in [2.24, 2.45) is 0 Å².